The smallest absolute Gasteiger partial charge is 0.229 e. The quantitative estimate of drug-likeness (QED) is 0.397. The lowest BCUT2D eigenvalue weighted by molar-refractivity contribution is 0.501. The van der Waals surface area contributed by atoms with Gasteiger partial charge in [-0.05, 0) is 68.3 Å². The van der Waals surface area contributed by atoms with Crippen molar-refractivity contribution in [3.63, 3.8) is 0 Å². The van der Waals surface area contributed by atoms with Crippen LogP contribution < -0.4 is 21.3 Å². The van der Waals surface area contributed by atoms with Crippen LogP contribution in [0, 0.1) is 6.92 Å². The highest BCUT2D eigenvalue weighted by Crippen LogP contribution is 2.23. The average molecular weight is 454 g/mol. The van der Waals surface area contributed by atoms with Crippen molar-refractivity contribution < 1.29 is 0 Å². The lowest BCUT2D eigenvalue weighted by atomic mass is 10.1. The Morgan fingerprint density at radius 3 is 2.32 bits per heavy atom. The van der Waals surface area contributed by atoms with E-state index in [0.717, 1.165) is 43.0 Å². The highest BCUT2D eigenvalue weighted by molar-refractivity contribution is 5.61. The van der Waals surface area contributed by atoms with Crippen molar-refractivity contribution in [2.24, 2.45) is 5.73 Å². The van der Waals surface area contributed by atoms with Crippen LogP contribution in [0.3, 0.4) is 0 Å². The third kappa shape index (κ3) is 5.26. The Morgan fingerprint density at radius 2 is 1.56 bits per heavy atom. The molecular formula is C25H27N9. The number of aryl methyl sites for hydroxylation is 1. The van der Waals surface area contributed by atoms with Gasteiger partial charge in [-0.3, -0.25) is 0 Å². The minimum absolute atomic E-state index is 0.323. The van der Waals surface area contributed by atoms with Crippen LogP contribution in [0.1, 0.15) is 18.5 Å². The number of pyridine rings is 1. The number of benzene rings is 1. The molecule has 9 heteroatoms. The number of nitrogens with zero attached hydrogens (tertiary/aromatic N) is 6. The van der Waals surface area contributed by atoms with Crippen LogP contribution in [-0.2, 0) is 0 Å². The third-order valence-electron chi connectivity index (χ3n) is 5.71. The summed E-state index contributed by atoms with van der Waals surface area (Å²) >= 11 is 0. The summed E-state index contributed by atoms with van der Waals surface area (Å²) in [6, 6.07) is 18.0. The zero-order valence-electron chi connectivity index (χ0n) is 19.0. The van der Waals surface area contributed by atoms with Gasteiger partial charge in [-0.1, -0.05) is 6.07 Å². The average Bonchev–Trinajstić information content (AvgIpc) is 2.86. The summed E-state index contributed by atoms with van der Waals surface area (Å²) in [6.45, 7) is 3.93. The fourth-order valence-corrected chi connectivity index (χ4v) is 3.88. The van der Waals surface area contributed by atoms with Crippen molar-refractivity contribution >= 4 is 29.0 Å². The van der Waals surface area contributed by atoms with Crippen LogP contribution in [-0.4, -0.2) is 44.1 Å². The lowest BCUT2D eigenvalue weighted by Crippen LogP contribution is -2.39. The van der Waals surface area contributed by atoms with E-state index in [-0.39, 0.29) is 0 Å². The van der Waals surface area contributed by atoms with Gasteiger partial charge in [0.25, 0.3) is 0 Å². The van der Waals surface area contributed by atoms with Gasteiger partial charge in [0.15, 0.2) is 5.82 Å². The normalized spacial score (nSPS) is 14.1. The Morgan fingerprint density at radius 1 is 0.824 bits per heavy atom. The highest BCUT2D eigenvalue weighted by atomic mass is 15.2. The minimum atomic E-state index is 0.323. The summed E-state index contributed by atoms with van der Waals surface area (Å²) in [5.41, 5.74) is 9.79. The van der Waals surface area contributed by atoms with Crippen LogP contribution in [0.2, 0.25) is 0 Å². The van der Waals surface area contributed by atoms with E-state index in [4.69, 9.17) is 5.73 Å². The second-order valence-electron chi connectivity index (χ2n) is 8.32. The van der Waals surface area contributed by atoms with Crippen LogP contribution in [0.15, 0.2) is 67.0 Å². The molecule has 1 aliphatic heterocycles. The number of aromatic nitrogens is 5. The molecular weight excluding hydrogens is 426 g/mol. The number of piperidine rings is 1. The molecule has 1 aromatic carbocycles. The molecule has 0 radical (unpaired) electrons. The van der Waals surface area contributed by atoms with E-state index < -0.39 is 0 Å². The molecule has 9 nitrogen and oxygen atoms in total. The maximum Gasteiger partial charge on any atom is 0.229 e. The SMILES string of the molecule is Cc1cccc(-c2nccc(Nc3ccnc(Nc4ccc(N5CCC(N)CC5)cc4)n3)n2)n1. The maximum absolute atomic E-state index is 6.02. The van der Waals surface area contributed by atoms with E-state index in [9.17, 15) is 0 Å². The molecule has 1 fully saturated rings. The summed E-state index contributed by atoms with van der Waals surface area (Å²) < 4.78 is 0. The van der Waals surface area contributed by atoms with Gasteiger partial charge in [-0.2, -0.15) is 4.98 Å². The van der Waals surface area contributed by atoms with Crippen molar-refractivity contribution in [3.8, 4) is 11.5 Å². The molecule has 0 amide bonds. The van der Waals surface area contributed by atoms with Gasteiger partial charge in [0, 0.05) is 48.6 Å². The van der Waals surface area contributed by atoms with E-state index >= 15 is 0 Å². The Hall–Kier alpha value is -4.11. The van der Waals surface area contributed by atoms with Crippen LogP contribution in [0.25, 0.3) is 11.5 Å². The Kier molecular flexibility index (Phi) is 6.26. The Balaban J connectivity index is 1.26. The first-order chi connectivity index (χ1) is 16.6. The monoisotopic (exact) mass is 453 g/mol. The summed E-state index contributed by atoms with van der Waals surface area (Å²) in [6.07, 6.45) is 5.46. The number of hydrogen-bond acceptors (Lipinski definition) is 9. The molecule has 0 spiro atoms. The summed E-state index contributed by atoms with van der Waals surface area (Å²) in [5.74, 6) is 2.30. The van der Waals surface area contributed by atoms with Crippen LogP contribution >= 0.6 is 0 Å². The van der Waals surface area contributed by atoms with E-state index in [0.29, 0.717) is 29.5 Å². The molecule has 0 atom stereocenters. The van der Waals surface area contributed by atoms with Gasteiger partial charge < -0.3 is 21.3 Å². The van der Waals surface area contributed by atoms with Crippen LogP contribution in [0.4, 0.5) is 29.0 Å². The first kappa shape index (κ1) is 21.7. The highest BCUT2D eigenvalue weighted by Gasteiger charge is 2.16. The number of anilines is 5. The summed E-state index contributed by atoms with van der Waals surface area (Å²) in [5, 5.41) is 6.49. The molecule has 4 aromatic rings. The van der Waals surface area contributed by atoms with Crippen LogP contribution in [0.5, 0.6) is 0 Å². The molecule has 1 saturated heterocycles. The number of nitrogens with two attached hydrogens (primary N) is 1. The summed E-state index contributed by atoms with van der Waals surface area (Å²) in [7, 11) is 0. The van der Waals surface area contributed by atoms with Crippen molar-refractivity contribution in [2.75, 3.05) is 28.6 Å². The Bertz CT molecular complexity index is 1250. The zero-order chi connectivity index (χ0) is 23.3. The summed E-state index contributed by atoms with van der Waals surface area (Å²) in [4.78, 5) is 24.7. The molecule has 0 bridgehead atoms. The molecule has 1 aliphatic rings. The van der Waals surface area contributed by atoms with Gasteiger partial charge in [-0.25, -0.2) is 19.9 Å². The number of rotatable bonds is 6. The lowest BCUT2D eigenvalue weighted by Gasteiger charge is -2.32. The molecule has 5 rings (SSSR count). The fourth-order valence-electron chi connectivity index (χ4n) is 3.88. The number of hydrogen-bond donors (Lipinski definition) is 3. The van der Waals surface area contributed by atoms with Gasteiger partial charge >= 0.3 is 0 Å². The maximum atomic E-state index is 6.02. The molecule has 3 aromatic heterocycles. The van der Waals surface area contributed by atoms with Crippen molar-refractivity contribution in [1.82, 2.24) is 24.9 Å². The fraction of sp³-hybridized carbons (Fsp3) is 0.240. The van der Waals surface area contributed by atoms with Gasteiger partial charge in [0.2, 0.25) is 5.95 Å². The Labute approximate surface area is 198 Å². The first-order valence-corrected chi connectivity index (χ1v) is 11.4. The second-order valence-corrected chi connectivity index (χ2v) is 8.32. The minimum Gasteiger partial charge on any atom is -0.371 e. The molecule has 4 heterocycles. The molecule has 172 valence electrons. The standard InChI is InChI=1S/C25H27N9/c1-17-3-2-4-21(29-17)24-27-13-9-22(32-24)31-23-10-14-28-25(33-23)30-19-5-7-20(8-6-19)34-15-11-18(26)12-16-34/h2-10,13-14,18H,11-12,15-16,26H2,1H3,(H2,27,28,30,31,32,33). The second kappa shape index (κ2) is 9.80. The van der Waals surface area contributed by atoms with Gasteiger partial charge in [0.1, 0.15) is 17.3 Å². The molecule has 34 heavy (non-hydrogen) atoms. The van der Waals surface area contributed by atoms with E-state index in [1.165, 1.54) is 5.69 Å². The molecule has 4 N–H and O–H groups in total. The van der Waals surface area contributed by atoms with Crippen molar-refractivity contribution in [1.29, 1.82) is 0 Å². The van der Waals surface area contributed by atoms with E-state index in [2.05, 4.69) is 52.6 Å². The predicted octanol–water partition coefficient (Wildman–Crippen LogP) is 4.05. The predicted molar refractivity (Wildman–Crippen MR) is 134 cm³/mol. The molecule has 0 unspecified atom stereocenters. The van der Waals surface area contributed by atoms with Gasteiger partial charge in [0.05, 0.1) is 0 Å². The topological polar surface area (TPSA) is 118 Å². The van der Waals surface area contributed by atoms with E-state index in [1.807, 2.05) is 37.3 Å². The first-order valence-electron chi connectivity index (χ1n) is 11.4. The van der Waals surface area contributed by atoms with Crippen molar-refractivity contribution in [2.45, 2.75) is 25.8 Å². The largest absolute Gasteiger partial charge is 0.371 e. The molecule has 0 aliphatic carbocycles. The molecule has 0 saturated carbocycles. The number of nitrogens with one attached hydrogen (secondary N) is 2. The van der Waals surface area contributed by atoms with Crippen molar-refractivity contribution in [3.05, 3.63) is 72.7 Å². The third-order valence-corrected chi connectivity index (χ3v) is 5.71. The van der Waals surface area contributed by atoms with Gasteiger partial charge in [-0.15, -0.1) is 0 Å². The zero-order valence-corrected chi connectivity index (χ0v) is 19.0. The van der Waals surface area contributed by atoms with E-state index in [1.54, 1.807) is 24.5 Å².